The van der Waals surface area contributed by atoms with Crippen molar-refractivity contribution < 1.29 is 17.9 Å². The number of nitrogen functional groups attached to an aromatic ring is 1. The molecule has 2 heterocycles. The summed E-state index contributed by atoms with van der Waals surface area (Å²) in [5.41, 5.74) is 7.75. The van der Waals surface area contributed by atoms with E-state index in [-0.39, 0.29) is 23.4 Å². The molecule has 1 fully saturated rings. The average molecular weight is 389 g/mol. The van der Waals surface area contributed by atoms with Gasteiger partial charge >= 0.3 is 5.97 Å². The minimum Gasteiger partial charge on any atom is -0.462 e. The number of nitrogens with one attached hydrogen (secondary N) is 2. The summed E-state index contributed by atoms with van der Waals surface area (Å²) in [6.07, 6.45) is 2.05. The number of sulfonamides is 1. The first kappa shape index (κ1) is 18.8. The van der Waals surface area contributed by atoms with Crippen LogP contribution in [0.1, 0.15) is 17.8 Å². The van der Waals surface area contributed by atoms with Gasteiger partial charge in [0.15, 0.2) is 0 Å². The van der Waals surface area contributed by atoms with Gasteiger partial charge in [-0.15, -0.1) is 0 Å². The molecule has 0 amide bonds. The van der Waals surface area contributed by atoms with Crippen molar-refractivity contribution in [2.75, 3.05) is 17.7 Å². The lowest BCUT2D eigenvalue weighted by Gasteiger charge is -2.09. The molecule has 27 heavy (non-hydrogen) atoms. The maximum atomic E-state index is 12.5. The lowest BCUT2D eigenvalue weighted by Crippen LogP contribution is -2.24. The van der Waals surface area contributed by atoms with Crippen LogP contribution in [0.25, 0.3) is 0 Å². The van der Waals surface area contributed by atoms with E-state index >= 15 is 0 Å². The Labute approximate surface area is 156 Å². The van der Waals surface area contributed by atoms with Crippen molar-refractivity contribution in [1.29, 1.82) is 0 Å². The number of benzene rings is 1. The van der Waals surface area contributed by atoms with E-state index in [9.17, 15) is 13.2 Å². The first-order valence-corrected chi connectivity index (χ1v) is 9.64. The second-order valence-electron chi connectivity index (χ2n) is 5.91. The first-order valence-electron chi connectivity index (χ1n) is 8.16. The van der Waals surface area contributed by atoms with Gasteiger partial charge in [-0.3, -0.25) is 0 Å². The van der Waals surface area contributed by atoms with Crippen LogP contribution in [-0.4, -0.2) is 31.0 Å². The Morgan fingerprint density at radius 1 is 1.30 bits per heavy atom. The van der Waals surface area contributed by atoms with Crippen molar-refractivity contribution in [2.45, 2.75) is 24.8 Å². The van der Waals surface area contributed by atoms with Gasteiger partial charge in [0, 0.05) is 24.0 Å². The summed E-state index contributed by atoms with van der Waals surface area (Å²) in [4.78, 5) is 19.5. The van der Waals surface area contributed by atoms with E-state index in [1.807, 2.05) is 0 Å². The number of carbonyl (C=O) groups excluding carboxylic acids is 1. The van der Waals surface area contributed by atoms with Gasteiger partial charge in [0.25, 0.3) is 0 Å². The van der Waals surface area contributed by atoms with Crippen LogP contribution in [0.3, 0.4) is 0 Å². The van der Waals surface area contributed by atoms with Gasteiger partial charge in [-0.25, -0.2) is 27.9 Å². The summed E-state index contributed by atoms with van der Waals surface area (Å²) in [6, 6.07) is 7.91. The fraction of sp³-hybridized carbons (Fsp3) is 0.235. The predicted octanol–water partition coefficient (Wildman–Crippen LogP) is 1.09. The number of hydrogen-bond acceptors (Lipinski definition) is 8. The molecule has 0 aliphatic carbocycles. The van der Waals surface area contributed by atoms with Crippen LogP contribution in [0.15, 0.2) is 47.0 Å². The molecule has 1 aromatic heterocycles. The third-order valence-electron chi connectivity index (χ3n) is 3.79. The van der Waals surface area contributed by atoms with Crippen molar-refractivity contribution in [2.24, 2.45) is 0 Å². The van der Waals surface area contributed by atoms with E-state index in [2.05, 4.69) is 20.0 Å². The zero-order valence-electron chi connectivity index (χ0n) is 14.6. The van der Waals surface area contributed by atoms with Crippen molar-refractivity contribution in [3.8, 4) is 0 Å². The molecule has 0 bridgehead atoms. The maximum absolute atomic E-state index is 12.5. The minimum atomic E-state index is -3.76. The molecule has 0 saturated carbocycles. The first-order chi connectivity index (χ1) is 12.8. The molecule has 9 nitrogen and oxygen atoms in total. The van der Waals surface area contributed by atoms with Gasteiger partial charge in [0.1, 0.15) is 0 Å². The van der Waals surface area contributed by atoms with E-state index in [4.69, 9.17) is 10.5 Å². The fourth-order valence-corrected chi connectivity index (χ4v) is 3.55. The highest BCUT2D eigenvalue weighted by Gasteiger charge is 2.18. The Morgan fingerprint density at radius 2 is 2.11 bits per heavy atom. The van der Waals surface area contributed by atoms with Crippen molar-refractivity contribution in [1.82, 2.24) is 14.7 Å². The quantitative estimate of drug-likeness (QED) is 0.493. The van der Waals surface area contributed by atoms with Crippen molar-refractivity contribution in [3.05, 3.63) is 53.5 Å². The van der Waals surface area contributed by atoms with E-state index in [1.54, 1.807) is 25.1 Å². The number of carbonyl (C=O) groups is 1. The standard InChI is InChI=1S/C17H19N5O4S/c1-11-7-14(22-17(18)21-11)10-20-27(24,25)15-4-2-3-13(8-15)19-9-12-5-6-26-16(12)23/h2-4,7-9,19-20H,5-6,10H2,1H3,(H2,18,21,22)/b12-9+. The van der Waals surface area contributed by atoms with Gasteiger partial charge in [-0.2, -0.15) is 0 Å². The largest absolute Gasteiger partial charge is 0.462 e. The molecule has 142 valence electrons. The molecule has 0 unspecified atom stereocenters. The maximum Gasteiger partial charge on any atom is 0.335 e. The lowest BCUT2D eigenvalue weighted by atomic mass is 10.2. The Balaban J connectivity index is 1.71. The number of rotatable bonds is 6. The molecular weight excluding hydrogens is 370 g/mol. The third kappa shape index (κ3) is 4.80. The Kier molecular flexibility index (Phi) is 5.38. The van der Waals surface area contributed by atoms with Gasteiger partial charge in [-0.05, 0) is 31.2 Å². The van der Waals surface area contributed by atoms with Crippen LogP contribution in [-0.2, 0) is 26.1 Å². The monoisotopic (exact) mass is 389 g/mol. The van der Waals surface area contributed by atoms with E-state index in [0.717, 1.165) is 0 Å². The zero-order valence-corrected chi connectivity index (χ0v) is 15.4. The van der Waals surface area contributed by atoms with E-state index < -0.39 is 10.0 Å². The number of cyclic esters (lactones) is 1. The van der Waals surface area contributed by atoms with Gasteiger partial charge in [-0.1, -0.05) is 6.07 Å². The number of nitrogens with two attached hydrogens (primary N) is 1. The molecular formula is C17H19N5O4S. The fourth-order valence-electron chi connectivity index (χ4n) is 2.50. The topological polar surface area (TPSA) is 136 Å². The number of esters is 1. The SMILES string of the molecule is Cc1cc(CNS(=O)(=O)c2cccc(N/C=C3\CCOC3=O)c2)nc(N)n1. The Hall–Kier alpha value is -2.98. The predicted molar refractivity (Wildman–Crippen MR) is 98.9 cm³/mol. The van der Waals surface area contributed by atoms with Crippen molar-refractivity contribution >= 4 is 27.6 Å². The molecule has 1 aromatic carbocycles. The number of hydrogen-bond donors (Lipinski definition) is 3. The molecule has 1 saturated heterocycles. The number of aryl methyl sites for hydroxylation is 1. The molecule has 0 radical (unpaired) electrons. The highest BCUT2D eigenvalue weighted by molar-refractivity contribution is 7.89. The minimum absolute atomic E-state index is 0.0105. The molecule has 10 heteroatoms. The van der Waals surface area contributed by atoms with Crippen LogP contribution in [0.5, 0.6) is 0 Å². The molecule has 1 aliphatic rings. The number of aromatic nitrogens is 2. The second-order valence-corrected chi connectivity index (χ2v) is 7.68. The zero-order chi connectivity index (χ0) is 19.4. The normalized spacial score (nSPS) is 15.7. The summed E-state index contributed by atoms with van der Waals surface area (Å²) in [6.45, 7) is 2.10. The highest BCUT2D eigenvalue weighted by atomic mass is 32.2. The second kappa shape index (κ2) is 7.72. The summed E-state index contributed by atoms with van der Waals surface area (Å²) in [5, 5.41) is 2.93. The van der Waals surface area contributed by atoms with Crippen molar-refractivity contribution in [3.63, 3.8) is 0 Å². The third-order valence-corrected chi connectivity index (χ3v) is 5.19. The van der Waals surface area contributed by atoms with Crippen LogP contribution in [0.4, 0.5) is 11.6 Å². The lowest BCUT2D eigenvalue weighted by molar-refractivity contribution is -0.135. The van der Waals surface area contributed by atoms with Crippen LogP contribution in [0.2, 0.25) is 0 Å². The molecule has 1 aliphatic heterocycles. The average Bonchev–Trinajstić information content (AvgIpc) is 3.03. The van der Waals surface area contributed by atoms with E-state index in [0.29, 0.717) is 35.7 Å². The summed E-state index contributed by atoms with van der Waals surface area (Å²) >= 11 is 0. The van der Waals surface area contributed by atoms with Crippen LogP contribution in [0, 0.1) is 6.92 Å². The molecule has 0 spiro atoms. The van der Waals surface area contributed by atoms with E-state index in [1.165, 1.54) is 18.3 Å². The molecule has 0 atom stereocenters. The van der Waals surface area contributed by atoms with Crippen LogP contribution < -0.4 is 15.8 Å². The molecule has 2 aromatic rings. The smallest absolute Gasteiger partial charge is 0.335 e. The highest BCUT2D eigenvalue weighted by Crippen LogP contribution is 2.18. The Morgan fingerprint density at radius 3 is 2.81 bits per heavy atom. The number of nitrogens with zero attached hydrogens (tertiary/aromatic N) is 2. The van der Waals surface area contributed by atoms with Crippen LogP contribution >= 0.6 is 0 Å². The van der Waals surface area contributed by atoms with Gasteiger partial charge in [0.2, 0.25) is 16.0 Å². The summed E-state index contributed by atoms with van der Waals surface area (Å²) < 4.78 is 32.4. The number of ether oxygens (including phenoxy) is 1. The number of anilines is 2. The summed E-state index contributed by atoms with van der Waals surface area (Å²) in [7, 11) is -3.76. The Bertz CT molecular complexity index is 984. The summed E-state index contributed by atoms with van der Waals surface area (Å²) in [5.74, 6) is -0.277. The van der Waals surface area contributed by atoms with Gasteiger partial charge < -0.3 is 15.8 Å². The molecule has 4 N–H and O–H groups in total. The van der Waals surface area contributed by atoms with Gasteiger partial charge in [0.05, 0.1) is 29.3 Å². The molecule has 3 rings (SSSR count).